The number of hydrogen-bond acceptors (Lipinski definition) is 6. The molecule has 1 unspecified atom stereocenters. The van der Waals surface area contributed by atoms with Gasteiger partial charge in [-0.15, -0.1) is 0 Å². The third-order valence-corrected chi connectivity index (χ3v) is 6.29. The van der Waals surface area contributed by atoms with E-state index >= 15 is 0 Å². The van der Waals surface area contributed by atoms with Crippen molar-refractivity contribution in [2.75, 3.05) is 18.6 Å². The molecule has 1 fully saturated rings. The molecule has 0 aliphatic carbocycles. The minimum Gasteiger partial charge on any atom is -0.337 e. The molecule has 2 heterocycles. The van der Waals surface area contributed by atoms with Crippen molar-refractivity contribution in [2.45, 2.75) is 31.8 Å². The molecule has 0 spiro atoms. The van der Waals surface area contributed by atoms with Crippen molar-refractivity contribution in [1.82, 2.24) is 20.4 Å². The highest BCUT2D eigenvalue weighted by molar-refractivity contribution is 7.91. The summed E-state index contributed by atoms with van der Waals surface area (Å²) in [5.74, 6) is 1.02. The number of hydrogen-bond donors (Lipinski definition) is 1. The molecule has 1 aromatic carbocycles. The highest BCUT2D eigenvalue weighted by Gasteiger charge is 2.29. The summed E-state index contributed by atoms with van der Waals surface area (Å²) in [4.78, 5) is 18.3. The second-order valence-corrected chi connectivity index (χ2v) is 8.79. The van der Waals surface area contributed by atoms with Crippen molar-refractivity contribution in [3.05, 3.63) is 36.2 Å². The third kappa shape index (κ3) is 4.21. The monoisotopic (exact) mass is 378 g/mol. The quantitative estimate of drug-likeness (QED) is 0.872. The molecule has 1 saturated heterocycles. The second kappa shape index (κ2) is 7.45. The van der Waals surface area contributed by atoms with Crippen molar-refractivity contribution < 1.29 is 17.7 Å². The molecule has 0 bridgehead atoms. The second-order valence-electron chi connectivity index (χ2n) is 6.49. The lowest BCUT2D eigenvalue weighted by molar-refractivity contribution is 0.180. The van der Waals surface area contributed by atoms with E-state index in [-0.39, 0.29) is 23.6 Å². The summed E-state index contributed by atoms with van der Waals surface area (Å²) in [5, 5.41) is 6.77. The fourth-order valence-electron chi connectivity index (χ4n) is 2.90. The van der Waals surface area contributed by atoms with Gasteiger partial charge in [0.25, 0.3) is 0 Å². The van der Waals surface area contributed by atoms with E-state index in [1.807, 2.05) is 30.3 Å². The summed E-state index contributed by atoms with van der Waals surface area (Å²) in [6, 6.07) is 8.59. The Labute approximate surface area is 152 Å². The van der Waals surface area contributed by atoms with Crippen LogP contribution in [0.4, 0.5) is 4.79 Å². The van der Waals surface area contributed by atoms with Crippen LogP contribution in [-0.4, -0.2) is 54.1 Å². The first kappa shape index (κ1) is 18.4. The SMILES string of the molecule is CC(NC(=O)N(C)C1CCS(=O)(=O)CC1)c1nc(-c2ccccc2)no1. The van der Waals surface area contributed by atoms with Crippen LogP contribution in [0.2, 0.25) is 0 Å². The first-order valence-electron chi connectivity index (χ1n) is 8.48. The molecule has 9 heteroatoms. The standard InChI is InChI=1S/C17H22N4O4S/c1-12(16-19-15(20-25-16)13-6-4-3-5-7-13)18-17(22)21(2)14-8-10-26(23,24)11-9-14/h3-7,12,14H,8-11H2,1-2H3,(H,18,22). The third-order valence-electron chi connectivity index (χ3n) is 4.58. The van der Waals surface area contributed by atoms with Crippen LogP contribution in [0.15, 0.2) is 34.9 Å². The largest absolute Gasteiger partial charge is 0.337 e. The van der Waals surface area contributed by atoms with E-state index in [0.29, 0.717) is 24.6 Å². The summed E-state index contributed by atoms with van der Waals surface area (Å²) in [5.41, 5.74) is 0.835. The molecule has 1 N–H and O–H groups in total. The Morgan fingerprint density at radius 1 is 1.27 bits per heavy atom. The number of carbonyl (C=O) groups excluding carboxylic acids is 1. The zero-order valence-corrected chi connectivity index (χ0v) is 15.6. The van der Waals surface area contributed by atoms with Crippen molar-refractivity contribution >= 4 is 15.9 Å². The van der Waals surface area contributed by atoms with Gasteiger partial charge < -0.3 is 14.7 Å². The number of amides is 2. The number of rotatable bonds is 4. The predicted octanol–water partition coefficient (Wildman–Crippen LogP) is 2.02. The van der Waals surface area contributed by atoms with Crippen LogP contribution in [0.25, 0.3) is 11.4 Å². The molecule has 8 nitrogen and oxygen atoms in total. The van der Waals surface area contributed by atoms with E-state index in [9.17, 15) is 13.2 Å². The van der Waals surface area contributed by atoms with E-state index < -0.39 is 15.9 Å². The molecular weight excluding hydrogens is 356 g/mol. The number of nitrogens with zero attached hydrogens (tertiary/aromatic N) is 3. The Hall–Kier alpha value is -2.42. The van der Waals surface area contributed by atoms with Crippen LogP contribution in [0.3, 0.4) is 0 Å². The number of urea groups is 1. The fraction of sp³-hybridized carbons (Fsp3) is 0.471. The van der Waals surface area contributed by atoms with Gasteiger partial charge >= 0.3 is 6.03 Å². The van der Waals surface area contributed by atoms with Crippen LogP contribution in [0.5, 0.6) is 0 Å². The number of nitrogens with one attached hydrogen (secondary N) is 1. The Balaban J connectivity index is 1.60. The molecular formula is C17H22N4O4S. The predicted molar refractivity (Wildman–Crippen MR) is 96.1 cm³/mol. The normalized spacial score (nSPS) is 18.2. The van der Waals surface area contributed by atoms with E-state index in [0.717, 1.165) is 5.56 Å². The first-order chi connectivity index (χ1) is 12.4. The summed E-state index contributed by atoms with van der Waals surface area (Å²) in [6.45, 7) is 1.76. The topological polar surface area (TPSA) is 105 Å². The first-order valence-corrected chi connectivity index (χ1v) is 10.3. The molecule has 1 aromatic heterocycles. The van der Waals surface area contributed by atoms with E-state index in [1.54, 1.807) is 18.9 Å². The van der Waals surface area contributed by atoms with Gasteiger partial charge in [0.05, 0.1) is 11.5 Å². The molecule has 140 valence electrons. The van der Waals surface area contributed by atoms with Crippen LogP contribution < -0.4 is 5.32 Å². The number of sulfone groups is 1. The van der Waals surface area contributed by atoms with Gasteiger partial charge in [0.15, 0.2) is 0 Å². The van der Waals surface area contributed by atoms with Crippen molar-refractivity contribution in [3.63, 3.8) is 0 Å². The van der Waals surface area contributed by atoms with Crippen LogP contribution in [0.1, 0.15) is 31.7 Å². The summed E-state index contributed by atoms with van der Waals surface area (Å²) in [7, 11) is -1.28. The Morgan fingerprint density at radius 2 is 1.92 bits per heavy atom. The van der Waals surface area contributed by atoms with Gasteiger partial charge in [0.2, 0.25) is 11.7 Å². The Kier molecular flexibility index (Phi) is 5.26. The molecule has 2 aromatic rings. The molecule has 1 atom stereocenters. The van der Waals surface area contributed by atoms with Crippen LogP contribution >= 0.6 is 0 Å². The average Bonchev–Trinajstić information content (AvgIpc) is 3.12. The molecule has 26 heavy (non-hydrogen) atoms. The molecule has 0 saturated carbocycles. The van der Waals surface area contributed by atoms with Gasteiger partial charge in [-0.25, -0.2) is 13.2 Å². The molecule has 3 rings (SSSR count). The maximum atomic E-state index is 12.4. The lowest BCUT2D eigenvalue weighted by atomic mass is 10.1. The minimum atomic E-state index is -2.96. The van der Waals surface area contributed by atoms with Gasteiger partial charge in [0.1, 0.15) is 15.9 Å². The van der Waals surface area contributed by atoms with Gasteiger partial charge in [-0.3, -0.25) is 0 Å². The van der Waals surface area contributed by atoms with Crippen LogP contribution in [0, 0.1) is 0 Å². The zero-order valence-electron chi connectivity index (χ0n) is 14.8. The fourth-order valence-corrected chi connectivity index (χ4v) is 4.36. The highest BCUT2D eigenvalue weighted by atomic mass is 32.2. The molecule has 1 aliphatic heterocycles. The van der Waals surface area contributed by atoms with E-state index in [4.69, 9.17) is 4.52 Å². The van der Waals surface area contributed by atoms with Crippen LogP contribution in [-0.2, 0) is 9.84 Å². The minimum absolute atomic E-state index is 0.0895. The maximum Gasteiger partial charge on any atom is 0.318 e. The van der Waals surface area contributed by atoms with E-state index in [2.05, 4.69) is 15.5 Å². The Bertz CT molecular complexity index is 852. The van der Waals surface area contributed by atoms with Gasteiger partial charge in [0, 0.05) is 18.7 Å². The lowest BCUT2D eigenvalue weighted by Crippen LogP contribution is -2.47. The van der Waals surface area contributed by atoms with Crippen molar-refractivity contribution in [2.24, 2.45) is 0 Å². The smallest absolute Gasteiger partial charge is 0.318 e. The maximum absolute atomic E-state index is 12.4. The number of carbonyl (C=O) groups is 1. The summed E-state index contributed by atoms with van der Waals surface area (Å²) in [6.07, 6.45) is 0.915. The lowest BCUT2D eigenvalue weighted by Gasteiger charge is -2.31. The van der Waals surface area contributed by atoms with Crippen molar-refractivity contribution in [1.29, 1.82) is 0 Å². The van der Waals surface area contributed by atoms with Gasteiger partial charge in [-0.05, 0) is 19.8 Å². The average molecular weight is 378 g/mol. The number of aromatic nitrogens is 2. The van der Waals surface area contributed by atoms with Gasteiger partial charge in [-0.1, -0.05) is 35.5 Å². The molecule has 2 amide bonds. The zero-order chi connectivity index (χ0) is 18.7. The van der Waals surface area contributed by atoms with E-state index in [1.165, 1.54) is 0 Å². The highest BCUT2D eigenvalue weighted by Crippen LogP contribution is 2.20. The Morgan fingerprint density at radius 3 is 2.58 bits per heavy atom. The molecule has 0 radical (unpaired) electrons. The summed E-state index contributed by atoms with van der Waals surface area (Å²) < 4.78 is 28.3. The van der Waals surface area contributed by atoms with Crippen molar-refractivity contribution in [3.8, 4) is 11.4 Å². The molecule has 1 aliphatic rings. The van der Waals surface area contributed by atoms with Gasteiger partial charge in [-0.2, -0.15) is 4.98 Å². The summed E-state index contributed by atoms with van der Waals surface area (Å²) >= 11 is 0. The number of benzene rings is 1.